The Hall–Kier alpha value is -3.95. The molecule has 9 heteroatoms. The van der Waals surface area contributed by atoms with Gasteiger partial charge in [-0.1, -0.05) is 18.7 Å². The number of aromatic nitrogens is 2. The Bertz CT molecular complexity index is 1410. The summed E-state index contributed by atoms with van der Waals surface area (Å²) in [5.41, 5.74) is 3.85. The van der Waals surface area contributed by atoms with Crippen LogP contribution in [0.1, 0.15) is 0 Å². The van der Waals surface area contributed by atoms with E-state index in [1.807, 2.05) is 48.8 Å². The van der Waals surface area contributed by atoms with Gasteiger partial charge in [0.2, 0.25) is 5.91 Å². The van der Waals surface area contributed by atoms with Gasteiger partial charge in [0.1, 0.15) is 5.82 Å². The summed E-state index contributed by atoms with van der Waals surface area (Å²) in [7, 11) is 3.80. The van der Waals surface area contributed by atoms with E-state index in [4.69, 9.17) is 4.74 Å². The first-order valence-corrected chi connectivity index (χ1v) is 12.6. The number of fused-ring (bicyclic) bond motifs is 1. The molecule has 1 saturated heterocycles. The molecule has 184 valence electrons. The van der Waals surface area contributed by atoms with Crippen LogP contribution in [0.15, 0.2) is 66.8 Å². The minimum Gasteiger partial charge on any atom is -0.493 e. The fourth-order valence-corrected chi connectivity index (χ4v) is 5.14. The summed E-state index contributed by atoms with van der Waals surface area (Å²) in [5.74, 6) is 1.73. The first kappa shape index (κ1) is 23.8. The molecular formula is C27H28N6O2S. The lowest BCUT2D eigenvalue weighted by molar-refractivity contribution is -0.111. The van der Waals surface area contributed by atoms with Crippen LogP contribution in [0.2, 0.25) is 0 Å². The van der Waals surface area contributed by atoms with E-state index in [2.05, 4.69) is 49.4 Å². The van der Waals surface area contributed by atoms with Crippen molar-refractivity contribution in [2.75, 3.05) is 55.9 Å². The van der Waals surface area contributed by atoms with Crippen molar-refractivity contribution in [1.82, 2.24) is 14.9 Å². The van der Waals surface area contributed by atoms with E-state index in [9.17, 15) is 4.79 Å². The second-order valence-electron chi connectivity index (χ2n) is 8.65. The average molecular weight is 501 g/mol. The van der Waals surface area contributed by atoms with E-state index in [-0.39, 0.29) is 5.91 Å². The number of ether oxygens (including phenoxy) is 1. The zero-order valence-electron chi connectivity index (χ0n) is 20.3. The minimum atomic E-state index is -0.238. The number of carbonyl (C=O) groups excluding carboxylic acids is 1. The molecule has 4 aromatic rings. The van der Waals surface area contributed by atoms with Crippen molar-refractivity contribution < 1.29 is 9.53 Å². The largest absolute Gasteiger partial charge is 0.493 e. The molecule has 1 aliphatic heterocycles. The number of piperazine rings is 1. The lowest BCUT2D eigenvalue weighted by atomic mass is 10.0. The van der Waals surface area contributed by atoms with Crippen molar-refractivity contribution >= 4 is 50.3 Å². The van der Waals surface area contributed by atoms with Gasteiger partial charge in [0.15, 0.2) is 11.6 Å². The van der Waals surface area contributed by atoms with E-state index in [0.717, 1.165) is 58.8 Å². The number of hydrogen-bond donors (Lipinski definition) is 2. The Morgan fingerprint density at radius 2 is 1.97 bits per heavy atom. The second-order valence-corrected chi connectivity index (χ2v) is 9.56. The number of nitrogens with one attached hydrogen (secondary N) is 2. The molecule has 0 spiro atoms. The Kier molecular flexibility index (Phi) is 6.84. The highest BCUT2D eigenvalue weighted by molar-refractivity contribution is 7.17. The molecular weight excluding hydrogens is 472 g/mol. The third-order valence-corrected chi connectivity index (χ3v) is 7.19. The van der Waals surface area contributed by atoms with Gasteiger partial charge in [0, 0.05) is 55.1 Å². The van der Waals surface area contributed by atoms with Crippen molar-refractivity contribution in [3.05, 3.63) is 66.8 Å². The maximum Gasteiger partial charge on any atom is 0.247 e. The van der Waals surface area contributed by atoms with Crippen LogP contribution in [0.4, 0.5) is 23.0 Å². The SMILES string of the molecule is C=CC(=O)Nc1cccc(-c2csc3cnc(Nc4ncc(N5CCN(C)CC5)cc4OC)cc23)c1. The quantitative estimate of drug-likeness (QED) is 0.346. The number of carbonyl (C=O) groups is 1. The molecule has 1 aromatic carbocycles. The van der Waals surface area contributed by atoms with Gasteiger partial charge in [0.25, 0.3) is 0 Å². The highest BCUT2D eigenvalue weighted by Gasteiger charge is 2.17. The van der Waals surface area contributed by atoms with Crippen LogP contribution in [-0.4, -0.2) is 61.1 Å². The topological polar surface area (TPSA) is 82.6 Å². The second kappa shape index (κ2) is 10.3. The first-order chi connectivity index (χ1) is 17.5. The maximum absolute atomic E-state index is 11.7. The average Bonchev–Trinajstić information content (AvgIpc) is 3.33. The summed E-state index contributed by atoms with van der Waals surface area (Å²) in [6, 6.07) is 11.8. The molecule has 1 amide bonds. The smallest absolute Gasteiger partial charge is 0.247 e. The Balaban J connectivity index is 1.41. The van der Waals surface area contributed by atoms with Gasteiger partial charge in [0.05, 0.1) is 23.7 Å². The summed E-state index contributed by atoms with van der Waals surface area (Å²) in [4.78, 5) is 25.6. The normalized spacial score (nSPS) is 14.0. The number of thiophene rings is 1. The monoisotopic (exact) mass is 500 g/mol. The van der Waals surface area contributed by atoms with Crippen LogP contribution in [0.5, 0.6) is 5.75 Å². The highest BCUT2D eigenvalue weighted by Crippen LogP contribution is 2.37. The number of anilines is 4. The molecule has 0 radical (unpaired) electrons. The van der Waals surface area contributed by atoms with Gasteiger partial charge >= 0.3 is 0 Å². The molecule has 5 rings (SSSR count). The van der Waals surface area contributed by atoms with Gasteiger partial charge in [-0.2, -0.15) is 0 Å². The molecule has 1 aliphatic rings. The van der Waals surface area contributed by atoms with E-state index in [1.54, 1.807) is 18.4 Å². The minimum absolute atomic E-state index is 0.238. The van der Waals surface area contributed by atoms with Crippen molar-refractivity contribution in [3.63, 3.8) is 0 Å². The van der Waals surface area contributed by atoms with Crippen LogP contribution in [0, 0.1) is 0 Å². The van der Waals surface area contributed by atoms with Gasteiger partial charge in [-0.25, -0.2) is 9.97 Å². The molecule has 36 heavy (non-hydrogen) atoms. The molecule has 0 bridgehead atoms. The van der Waals surface area contributed by atoms with Crippen molar-refractivity contribution in [2.24, 2.45) is 0 Å². The molecule has 4 heterocycles. The van der Waals surface area contributed by atoms with Crippen molar-refractivity contribution in [1.29, 1.82) is 0 Å². The van der Waals surface area contributed by atoms with Crippen LogP contribution in [0.25, 0.3) is 21.2 Å². The predicted molar refractivity (Wildman–Crippen MR) is 148 cm³/mol. The Labute approximate surface area is 214 Å². The van der Waals surface area contributed by atoms with Crippen LogP contribution in [0.3, 0.4) is 0 Å². The maximum atomic E-state index is 11.7. The lowest BCUT2D eigenvalue weighted by Gasteiger charge is -2.34. The van der Waals surface area contributed by atoms with Crippen LogP contribution in [-0.2, 0) is 4.79 Å². The zero-order chi connectivity index (χ0) is 25.1. The van der Waals surface area contributed by atoms with E-state index in [0.29, 0.717) is 17.4 Å². The number of rotatable bonds is 7. The number of hydrogen-bond acceptors (Lipinski definition) is 8. The third-order valence-electron chi connectivity index (χ3n) is 6.26. The molecule has 3 aromatic heterocycles. The fourth-order valence-electron chi connectivity index (χ4n) is 4.23. The van der Waals surface area contributed by atoms with Crippen molar-refractivity contribution in [2.45, 2.75) is 0 Å². The van der Waals surface area contributed by atoms with Gasteiger partial charge in [-0.05, 0) is 42.3 Å². The third kappa shape index (κ3) is 5.02. The summed E-state index contributed by atoms with van der Waals surface area (Å²) in [6.45, 7) is 7.50. The molecule has 0 aliphatic carbocycles. The number of amides is 1. The number of benzene rings is 1. The molecule has 2 N–H and O–H groups in total. The van der Waals surface area contributed by atoms with E-state index >= 15 is 0 Å². The highest BCUT2D eigenvalue weighted by atomic mass is 32.1. The predicted octanol–water partition coefficient (Wildman–Crippen LogP) is 4.99. The van der Waals surface area contributed by atoms with Gasteiger partial charge < -0.3 is 25.2 Å². The molecule has 8 nitrogen and oxygen atoms in total. The molecule has 1 fully saturated rings. The fraction of sp³-hybridized carbons (Fsp3) is 0.222. The number of likely N-dealkylation sites (N-methyl/N-ethyl adjacent to an activating group) is 1. The van der Waals surface area contributed by atoms with Crippen LogP contribution >= 0.6 is 11.3 Å². The summed E-state index contributed by atoms with van der Waals surface area (Å²) >= 11 is 1.63. The van der Waals surface area contributed by atoms with E-state index in [1.165, 1.54) is 6.08 Å². The first-order valence-electron chi connectivity index (χ1n) is 11.7. The Morgan fingerprint density at radius 3 is 2.75 bits per heavy atom. The molecule has 0 atom stereocenters. The molecule has 0 unspecified atom stereocenters. The molecule has 0 saturated carbocycles. The summed E-state index contributed by atoms with van der Waals surface area (Å²) in [5, 5.41) is 9.32. The zero-order valence-corrected chi connectivity index (χ0v) is 21.1. The van der Waals surface area contributed by atoms with Crippen molar-refractivity contribution in [3.8, 4) is 16.9 Å². The number of pyridine rings is 2. The van der Waals surface area contributed by atoms with Gasteiger partial charge in [-0.15, -0.1) is 11.3 Å². The summed E-state index contributed by atoms with van der Waals surface area (Å²) in [6.07, 6.45) is 5.00. The lowest BCUT2D eigenvalue weighted by Crippen LogP contribution is -2.44. The Morgan fingerprint density at radius 1 is 1.14 bits per heavy atom. The summed E-state index contributed by atoms with van der Waals surface area (Å²) < 4.78 is 6.73. The number of methoxy groups -OCH3 is 1. The van der Waals surface area contributed by atoms with E-state index < -0.39 is 0 Å². The number of nitrogens with zero attached hydrogens (tertiary/aromatic N) is 4. The van der Waals surface area contributed by atoms with Gasteiger partial charge in [-0.3, -0.25) is 4.79 Å². The van der Waals surface area contributed by atoms with Crippen LogP contribution < -0.4 is 20.3 Å². The standard InChI is InChI=1S/C27H28N6O2S/c1-4-26(34)30-19-7-5-6-18(12-19)22-17-36-24-16-28-25(14-21(22)24)31-27-23(35-3)13-20(15-29-27)33-10-8-32(2)9-11-33/h4-7,12-17H,1,8-11H2,2-3H3,(H,30,34)(H,28,29,31).